The van der Waals surface area contributed by atoms with Gasteiger partial charge in [0.2, 0.25) is 10.0 Å². The third-order valence-electron chi connectivity index (χ3n) is 2.61. The van der Waals surface area contributed by atoms with Crippen LogP contribution in [0.15, 0.2) is 23.1 Å². The minimum Gasteiger partial charge on any atom is -0.468 e. The Morgan fingerprint density at radius 2 is 2.10 bits per heavy atom. The van der Waals surface area contributed by atoms with E-state index in [1.165, 1.54) is 7.11 Å². The predicted molar refractivity (Wildman–Crippen MR) is 71.9 cm³/mol. The third-order valence-corrected chi connectivity index (χ3v) is 4.45. The van der Waals surface area contributed by atoms with E-state index in [2.05, 4.69) is 4.74 Å². The summed E-state index contributed by atoms with van der Waals surface area (Å²) in [5, 5.41) is 0. The van der Waals surface area contributed by atoms with Crippen molar-refractivity contribution in [1.29, 1.82) is 0 Å². The highest BCUT2D eigenvalue weighted by atomic mass is 32.2. The zero-order chi connectivity index (χ0) is 15.3. The highest BCUT2D eigenvalue weighted by molar-refractivity contribution is 7.89. The van der Waals surface area contributed by atoms with Crippen molar-refractivity contribution in [2.45, 2.75) is 18.2 Å². The Labute approximate surface area is 117 Å². The number of ether oxygens (including phenoxy) is 1. The molecule has 20 heavy (non-hydrogen) atoms. The Balaban J connectivity index is 3.14. The van der Waals surface area contributed by atoms with Gasteiger partial charge in [0.25, 0.3) is 0 Å². The lowest BCUT2D eigenvalue weighted by Gasteiger charge is -2.20. The van der Waals surface area contributed by atoms with Crippen LogP contribution in [0.5, 0.6) is 0 Å². The molecule has 6 nitrogen and oxygen atoms in total. The van der Waals surface area contributed by atoms with E-state index in [1.807, 2.05) is 0 Å². The van der Waals surface area contributed by atoms with E-state index in [0.717, 1.165) is 22.5 Å². The highest BCUT2D eigenvalue weighted by Crippen LogP contribution is 2.20. The van der Waals surface area contributed by atoms with Gasteiger partial charge < -0.3 is 10.5 Å². The number of hydrogen-bond donors (Lipinski definition) is 1. The molecular weight excluding hydrogens is 287 g/mol. The third kappa shape index (κ3) is 3.67. The highest BCUT2D eigenvalue weighted by Gasteiger charge is 2.26. The summed E-state index contributed by atoms with van der Waals surface area (Å²) >= 11 is 0. The first-order valence-electron chi connectivity index (χ1n) is 5.95. The van der Waals surface area contributed by atoms with E-state index in [0.29, 0.717) is 6.42 Å². The first-order chi connectivity index (χ1) is 9.32. The average molecular weight is 304 g/mol. The van der Waals surface area contributed by atoms with Gasteiger partial charge in [-0.25, -0.2) is 12.8 Å². The minimum absolute atomic E-state index is 0.148. The number of hydrogen-bond acceptors (Lipinski definition) is 5. The summed E-state index contributed by atoms with van der Waals surface area (Å²) < 4.78 is 43.3. The van der Waals surface area contributed by atoms with Crippen LogP contribution in [0.1, 0.15) is 13.3 Å². The number of carbonyl (C=O) groups excluding carboxylic acids is 1. The predicted octanol–water partition coefficient (Wildman–Crippen LogP) is 0.982. The molecule has 0 atom stereocenters. The van der Waals surface area contributed by atoms with Crippen LogP contribution in [0.2, 0.25) is 0 Å². The largest absolute Gasteiger partial charge is 0.468 e. The van der Waals surface area contributed by atoms with Crippen LogP contribution in [0, 0.1) is 5.82 Å². The number of carbonyl (C=O) groups is 1. The van der Waals surface area contributed by atoms with Crippen molar-refractivity contribution in [3.8, 4) is 0 Å². The molecular formula is C12H17FN2O4S. The Bertz CT molecular complexity index is 589. The number of methoxy groups -OCH3 is 1. The number of esters is 1. The second-order valence-electron chi connectivity index (χ2n) is 4.10. The summed E-state index contributed by atoms with van der Waals surface area (Å²) in [5.41, 5.74) is 5.11. The zero-order valence-corrected chi connectivity index (χ0v) is 12.1. The average Bonchev–Trinajstić information content (AvgIpc) is 2.40. The summed E-state index contributed by atoms with van der Waals surface area (Å²) in [6.07, 6.45) is 0.521. The molecule has 0 bridgehead atoms. The van der Waals surface area contributed by atoms with Crippen LogP contribution < -0.4 is 5.73 Å². The summed E-state index contributed by atoms with van der Waals surface area (Å²) in [6, 6.07) is 3.12. The molecule has 0 unspecified atom stereocenters. The number of nitrogens with zero attached hydrogens (tertiary/aromatic N) is 1. The molecule has 0 aliphatic heterocycles. The van der Waals surface area contributed by atoms with E-state index in [1.54, 1.807) is 6.92 Å². The van der Waals surface area contributed by atoms with Crippen molar-refractivity contribution >= 4 is 21.7 Å². The van der Waals surface area contributed by atoms with Gasteiger partial charge in [-0.1, -0.05) is 6.92 Å². The van der Waals surface area contributed by atoms with Crippen molar-refractivity contribution in [2.24, 2.45) is 0 Å². The Morgan fingerprint density at radius 3 is 2.60 bits per heavy atom. The van der Waals surface area contributed by atoms with E-state index < -0.39 is 28.4 Å². The number of rotatable bonds is 6. The Kier molecular flexibility index (Phi) is 5.46. The standard InChI is InChI=1S/C12H17FN2O4S/c1-3-6-15(8-12(16)19-2)20(17,18)9-4-5-10(13)11(14)7-9/h4-5,7H,3,6,8,14H2,1-2H3. The minimum atomic E-state index is -3.92. The molecule has 112 valence electrons. The van der Waals surface area contributed by atoms with E-state index in [-0.39, 0.29) is 17.1 Å². The van der Waals surface area contributed by atoms with Crippen molar-refractivity contribution < 1.29 is 22.3 Å². The lowest BCUT2D eigenvalue weighted by atomic mass is 10.3. The molecule has 0 radical (unpaired) electrons. The second kappa shape index (κ2) is 6.67. The molecule has 0 spiro atoms. The van der Waals surface area contributed by atoms with Crippen LogP contribution in [0.4, 0.5) is 10.1 Å². The molecule has 1 rings (SSSR count). The number of benzene rings is 1. The molecule has 0 saturated heterocycles. The maximum atomic E-state index is 13.1. The van der Waals surface area contributed by atoms with Crippen LogP contribution in [0.25, 0.3) is 0 Å². The summed E-state index contributed by atoms with van der Waals surface area (Å²) in [5.74, 6) is -1.36. The maximum absolute atomic E-state index is 13.1. The molecule has 0 fully saturated rings. The summed E-state index contributed by atoms with van der Waals surface area (Å²) in [6.45, 7) is 1.53. The van der Waals surface area contributed by atoms with Gasteiger partial charge in [-0.05, 0) is 24.6 Å². The normalized spacial score (nSPS) is 11.6. The van der Waals surface area contributed by atoms with Gasteiger partial charge in [0.1, 0.15) is 12.4 Å². The van der Waals surface area contributed by atoms with Crippen molar-refractivity contribution in [3.63, 3.8) is 0 Å². The number of anilines is 1. The van der Waals surface area contributed by atoms with Gasteiger partial charge in [-0.3, -0.25) is 4.79 Å². The van der Waals surface area contributed by atoms with Crippen molar-refractivity contribution in [3.05, 3.63) is 24.0 Å². The summed E-state index contributed by atoms with van der Waals surface area (Å²) in [7, 11) is -2.75. The summed E-state index contributed by atoms with van der Waals surface area (Å²) in [4.78, 5) is 11.1. The first kappa shape index (κ1) is 16.4. The molecule has 0 aliphatic rings. The van der Waals surface area contributed by atoms with Crippen LogP contribution in [-0.2, 0) is 19.6 Å². The van der Waals surface area contributed by atoms with Crippen molar-refractivity contribution in [2.75, 3.05) is 25.9 Å². The van der Waals surface area contributed by atoms with Gasteiger partial charge >= 0.3 is 5.97 Å². The van der Waals surface area contributed by atoms with Gasteiger partial charge in [0.15, 0.2) is 0 Å². The lowest BCUT2D eigenvalue weighted by molar-refractivity contribution is -0.140. The number of sulfonamides is 1. The van der Waals surface area contributed by atoms with Crippen LogP contribution in [-0.4, -0.2) is 38.9 Å². The number of halogens is 1. The fraction of sp³-hybridized carbons (Fsp3) is 0.417. The van der Waals surface area contributed by atoms with E-state index in [9.17, 15) is 17.6 Å². The monoisotopic (exact) mass is 304 g/mol. The van der Waals surface area contributed by atoms with Gasteiger partial charge in [0.05, 0.1) is 17.7 Å². The molecule has 1 aromatic rings. The molecule has 2 N–H and O–H groups in total. The van der Waals surface area contributed by atoms with Gasteiger partial charge in [-0.15, -0.1) is 0 Å². The van der Waals surface area contributed by atoms with E-state index >= 15 is 0 Å². The second-order valence-corrected chi connectivity index (χ2v) is 6.04. The van der Waals surface area contributed by atoms with Gasteiger partial charge in [-0.2, -0.15) is 4.31 Å². The fourth-order valence-corrected chi connectivity index (χ4v) is 3.09. The fourth-order valence-electron chi connectivity index (χ4n) is 1.57. The van der Waals surface area contributed by atoms with Crippen LogP contribution in [0.3, 0.4) is 0 Å². The topological polar surface area (TPSA) is 89.7 Å². The molecule has 0 heterocycles. The van der Waals surface area contributed by atoms with Crippen LogP contribution >= 0.6 is 0 Å². The Hall–Kier alpha value is -1.67. The van der Waals surface area contributed by atoms with Crippen molar-refractivity contribution in [1.82, 2.24) is 4.31 Å². The van der Waals surface area contributed by atoms with Gasteiger partial charge in [0, 0.05) is 6.54 Å². The smallest absolute Gasteiger partial charge is 0.321 e. The molecule has 0 amide bonds. The molecule has 0 aromatic heterocycles. The SMILES string of the molecule is CCCN(CC(=O)OC)S(=O)(=O)c1ccc(F)c(N)c1. The lowest BCUT2D eigenvalue weighted by Crippen LogP contribution is -2.36. The first-order valence-corrected chi connectivity index (χ1v) is 7.39. The molecule has 0 saturated carbocycles. The zero-order valence-electron chi connectivity index (χ0n) is 11.3. The maximum Gasteiger partial charge on any atom is 0.321 e. The quantitative estimate of drug-likeness (QED) is 0.625. The molecule has 0 aliphatic carbocycles. The number of nitrogens with two attached hydrogens (primary N) is 1. The molecule has 1 aromatic carbocycles. The van der Waals surface area contributed by atoms with E-state index in [4.69, 9.17) is 5.73 Å². The Morgan fingerprint density at radius 1 is 1.45 bits per heavy atom. The number of nitrogen functional groups attached to an aromatic ring is 1. The molecule has 8 heteroatoms.